The Kier molecular flexibility index (Phi) is 5.86. The van der Waals surface area contributed by atoms with Gasteiger partial charge < -0.3 is 14.5 Å². The molecule has 0 saturated carbocycles. The molecule has 0 bridgehead atoms. The Morgan fingerprint density at radius 1 is 0.949 bits per heavy atom. The van der Waals surface area contributed by atoms with Crippen molar-refractivity contribution in [3.05, 3.63) is 83.4 Å². The number of fused-ring (bicyclic) bond motifs is 4. The number of piperazine rings is 1. The van der Waals surface area contributed by atoms with E-state index in [1.54, 1.807) is 13.2 Å². The number of anilines is 3. The van der Waals surface area contributed by atoms with Crippen LogP contribution in [0.25, 0.3) is 0 Å². The molecule has 3 aliphatic heterocycles. The van der Waals surface area contributed by atoms with Gasteiger partial charge in [0.25, 0.3) is 5.91 Å². The molecule has 39 heavy (non-hydrogen) atoms. The fourth-order valence-corrected chi connectivity index (χ4v) is 6.20. The molecule has 0 N–H and O–H groups in total. The van der Waals surface area contributed by atoms with Crippen molar-refractivity contribution in [3.63, 3.8) is 0 Å². The van der Waals surface area contributed by atoms with Gasteiger partial charge in [-0.2, -0.15) is 23.3 Å². The van der Waals surface area contributed by atoms with Crippen molar-refractivity contribution < 1.29 is 22.7 Å². The lowest BCUT2D eigenvalue weighted by atomic mass is 9.67. The lowest BCUT2D eigenvalue weighted by Crippen LogP contribution is -2.67. The van der Waals surface area contributed by atoms with Gasteiger partial charge in [-0.15, -0.1) is 0 Å². The van der Waals surface area contributed by atoms with E-state index in [-0.39, 0.29) is 18.4 Å². The average molecular weight is 535 g/mol. The van der Waals surface area contributed by atoms with E-state index in [0.29, 0.717) is 36.6 Å². The largest absolute Gasteiger partial charge is 0.497 e. The molecule has 3 aromatic rings. The Labute approximate surface area is 225 Å². The average Bonchev–Trinajstić information content (AvgIpc) is 3.18. The summed E-state index contributed by atoms with van der Waals surface area (Å²) in [7, 11) is 1.62. The third kappa shape index (κ3) is 4.02. The molecule has 2 atom stereocenters. The number of hydrazone groups is 1. The number of halogens is 3. The van der Waals surface area contributed by atoms with Crippen LogP contribution in [0, 0.1) is 12.3 Å². The molecule has 1 saturated heterocycles. The quantitative estimate of drug-likeness (QED) is 0.434. The Morgan fingerprint density at radius 2 is 1.64 bits per heavy atom. The zero-order valence-electron chi connectivity index (χ0n) is 22.0. The Hall–Kier alpha value is -4.01. The van der Waals surface area contributed by atoms with Crippen molar-refractivity contribution in [2.45, 2.75) is 32.5 Å². The highest BCUT2D eigenvalue weighted by Gasteiger charge is 2.60. The predicted octanol–water partition coefficient (Wildman–Crippen LogP) is 5.68. The van der Waals surface area contributed by atoms with Crippen LogP contribution in [0.3, 0.4) is 0 Å². The molecular weight excluding hydrogens is 505 g/mol. The van der Waals surface area contributed by atoms with Crippen molar-refractivity contribution in [1.29, 1.82) is 0 Å². The van der Waals surface area contributed by atoms with Crippen LogP contribution in [0.5, 0.6) is 5.75 Å². The van der Waals surface area contributed by atoms with Crippen LogP contribution in [0.2, 0.25) is 0 Å². The van der Waals surface area contributed by atoms with Gasteiger partial charge in [-0.25, -0.2) is 0 Å². The second-order valence-corrected chi connectivity index (χ2v) is 10.5. The van der Waals surface area contributed by atoms with E-state index in [2.05, 4.69) is 9.80 Å². The minimum absolute atomic E-state index is 0.153. The normalized spacial score (nSPS) is 22.6. The SMILES string of the molecule is COc1ccc(N2CCN3c4ccc(C(F)(F)F)cc4C[C@]4(C(=O)N(c5ccc(C)cc5)N=C4C)[C@H]3C2)cc1. The molecule has 0 radical (unpaired) electrons. The van der Waals surface area contributed by atoms with Crippen LogP contribution in [0.15, 0.2) is 71.8 Å². The molecule has 6 nitrogen and oxygen atoms in total. The lowest BCUT2D eigenvalue weighted by molar-refractivity contribution is -0.137. The van der Waals surface area contributed by atoms with Gasteiger partial charge in [0.15, 0.2) is 0 Å². The lowest BCUT2D eigenvalue weighted by Gasteiger charge is -2.53. The summed E-state index contributed by atoms with van der Waals surface area (Å²) < 4.78 is 46.4. The number of amides is 1. The first-order valence-electron chi connectivity index (χ1n) is 12.9. The number of hydrogen-bond donors (Lipinski definition) is 0. The highest BCUT2D eigenvalue weighted by atomic mass is 19.4. The van der Waals surface area contributed by atoms with Crippen molar-refractivity contribution >= 4 is 28.7 Å². The summed E-state index contributed by atoms with van der Waals surface area (Å²) in [6.45, 7) is 5.53. The third-order valence-electron chi connectivity index (χ3n) is 8.32. The van der Waals surface area contributed by atoms with Crippen LogP contribution in [0.1, 0.15) is 23.6 Å². The van der Waals surface area contributed by atoms with Gasteiger partial charge >= 0.3 is 6.18 Å². The van der Waals surface area contributed by atoms with Gasteiger partial charge in [0.1, 0.15) is 11.2 Å². The molecule has 0 unspecified atom stereocenters. The van der Waals surface area contributed by atoms with Gasteiger partial charge in [0.05, 0.1) is 30.1 Å². The second kappa shape index (κ2) is 9.03. The zero-order chi connectivity index (χ0) is 27.5. The van der Waals surface area contributed by atoms with Gasteiger partial charge in [-0.1, -0.05) is 17.7 Å². The minimum Gasteiger partial charge on any atom is -0.497 e. The summed E-state index contributed by atoms with van der Waals surface area (Å²) >= 11 is 0. The summed E-state index contributed by atoms with van der Waals surface area (Å²) in [5.74, 6) is 0.544. The Balaban J connectivity index is 1.45. The van der Waals surface area contributed by atoms with Crippen LogP contribution in [-0.4, -0.2) is 44.4 Å². The number of alkyl halides is 3. The van der Waals surface area contributed by atoms with Gasteiger partial charge in [-0.3, -0.25) is 4.79 Å². The first kappa shape index (κ1) is 25.3. The van der Waals surface area contributed by atoms with Crippen molar-refractivity contribution in [2.75, 3.05) is 41.6 Å². The maximum absolute atomic E-state index is 14.4. The van der Waals surface area contributed by atoms with Gasteiger partial charge in [0, 0.05) is 31.0 Å². The van der Waals surface area contributed by atoms with E-state index in [9.17, 15) is 18.0 Å². The number of benzene rings is 3. The molecule has 0 aliphatic carbocycles. The molecule has 6 rings (SSSR count). The van der Waals surface area contributed by atoms with Crippen molar-refractivity contribution in [2.24, 2.45) is 10.5 Å². The topological polar surface area (TPSA) is 48.4 Å². The smallest absolute Gasteiger partial charge is 0.416 e. The van der Waals surface area contributed by atoms with Gasteiger partial charge in [0.2, 0.25) is 0 Å². The van der Waals surface area contributed by atoms with E-state index in [0.717, 1.165) is 28.8 Å². The summed E-state index contributed by atoms with van der Waals surface area (Å²) in [4.78, 5) is 18.7. The Morgan fingerprint density at radius 3 is 2.31 bits per heavy atom. The molecule has 3 aliphatic rings. The monoisotopic (exact) mass is 534 g/mol. The molecule has 3 heterocycles. The van der Waals surface area contributed by atoms with Crippen LogP contribution in [0.4, 0.5) is 30.2 Å². The Bertz CT molecular complexity index is 1450. The van der Waals surface area contributed by atoms with Gasteiger partial charge in [-0.05, 0) is 80.4 Å². The third-order valence-corrected chi connectivity index (χ3v) is 8.32. The van der Waals surface area contributed by atoms with E-state index in [1.165, 1.54) is 11.1 Å². The van der Waals surface area contributed by atoms with Crippen LogP contribution < -0.4 is 19.5 Å². The van der Waals surface area contributed by atoms with E-state index in [4.69, 9.17) is 9.84 Å². The molecule has 1 spiro atoms. The maximum atomic E-state index is 14.4. The molecule has 202 valence electrons. The van der Waals surface area contributed by atoms with E-state index in [1.807, 2.05) is 62.4 Å². The summed E-state index contributed by atoms with van der Waals surface area (Å²) in [5, 5.41) is 6.15. The number of aryl methyl sites for hydroxylation is 1. The summed E-state index contributed by atoms with van der Waals surface area (Å²) in [6.07, 6.45) is -4.32. The summed E-state index contributed by atoms with van der Waals surface area (Å²) in [6, 6.07) is 18.9. The standard InChI is InChI=1S/C30H29F3N4O2/c1-19-4-7-24(8-5-19)37-28(38)29(20(2)34-37)17-21-16-22(30(31,32)33)6-13-26(21)36-15-14-35(18-27(29)36)23-9-11-25(39-3)12-10-23/h4-13,16,27H,14-15,17-18H2,1-3H3/t27-,29-/m1/s1. The molecule has 9 heteroatoms. The highest BCUT2D eigenvalue weighted by molar-refractivity contribution is 6.20. The zero-order valence-corrected chi connectivity index (χ0v) is 22.0. The first-order chi connectivity index (χ1) is 18.6. The van der Waals surface area contributed by atoms with E-state index < -0.39 is 17.2 Å². The van der Waals surface area contributed by atoms with E-state index >= 15 is 0 Å². The summed E-state index contributed by atoms with van der Waals surface area (Å²) in [5.41, 5.74) is 2.78. The number of carbonyl (C=O) groups is 1. The molecule has 3 aromatic carbocycles. The fourth-order valence-electron chi connectivity index (χ4n) is 6.20. The molecular formula is C30H29F3N4O2. The van der Waals surface area contributed by atoms with Crippen LogP contribution in [-0.2, 0) is 17.4 Å². The number of methoxy groups -OCH3 is 1. The highest BCUT2D eigenvalue weighted by Crippen LogP contribution is 2.49. The molecule has 0 aromatic heterocycles. The predicted molar refractivity (Wildman–Crippen MR) is 146 cm³/mol. The van der Waals surface area contributed by atoms with Crippen molar-refractivity contribution in [3.8, 4) is 5.75 Å². The number of rotatable bonds is 3. The minimum atomic E-state index is -4.47. The number of ether oxygens (including phenoxy) is 1. The number of hydrogen-bond acceptors (Lipinski definition) is 5. The second-order valence-electron chi connectivity index (χ2n) is 10.5. The van der Waals surface area contributed by atoms with Crippen molar-refractivity contribution in [1.82, 2.24) is 0 Å². The first-order valence-corrected chi connectivity index (χ1v) is 12.9. The fraction of sp³-hybridized carbons (Fsp3) is 0.333. The molecule has 1 fully saturated rings. The molecule has 1 amide bonds. The van der Waals surface area contributed by atoms with Crippen LogP contribution >= 0.6 is 0 Å². The number of carbonyl (C=O) groups excluding carboxylic acids is 1. The number of nitrogens with zero attached hydrogens (tertiary/aromatic N) is 4. The maximum Gasteiger partial charge on any atom is 0.416 e.